The molecule has 21 heavy (non-hydrogen) atoms. The third-order valence-corrected chi connectivity index (χ3v) is 3.84. The van der Waals surface area contributed by atoms with E-state index in [0.717, 1.165) is 39.1 Å². The molecule has 1 aromatic carbocycles. The molecule has 0 aliphatic carbocycles. The van der Waals surface area contributed by atoms with Crippen LogP contribution in [0.3, 0.4) is 0 Å². The van der Waals surface area contributed by atoms with Gasteiger partial charge in [0.05, 0.1) is 6.54 Å². The van der Waals surface area contributed by atoms with Crippen LogP contribution in [0.5, 0.6) is 0 Å². The van der Waals surface area contributed by atoms with Crippen molar-refractivity contribution in [2.75, 3.05) is 33.4 Å². The van der Waals surface area contributed by atoms with Gasteiger partial charge in [0.15, 0.2) is 0 Å². The molecule has 1 N–H and O–H groups in total. The summed E-state index contributed by atoms with van der Waals surface area (Å²) in [6.45, 7) is 3.74. The first-order valence-electron chi connectivity index (χ1n) is 7.81. The number of benzene rings is 1. The van der Waals surface area contributed by atoms with Gasteiger partial charge < -0.3 is 10.1 Å². The van der Waals surface area contributed by atoms with Gasteiger partial charge in [0.2, 0.25) is 5.91 Å². The van der Waals surface area contributed by atoms with Crippen LogP contribution in [0.2, 0.25) is 0 Å². The summed E-state index contributed by atoms with van der Waals surface area (Å²) in [5, 5.41) is 3.01. The van der Waals surface area contributed by atoms with Crippen molar-refractivity contribution in [3.8, 4) is 0 Å². The van der Waals surface area contributed by atoms with E-state index in [1.165, 1.54) is 12.0 Å². The fourth-order valence-corrected chi connectivity index (χ4v) is 2.70. The van der Waals surface area contributed by atoms with Crippen LogP contribution in [0.25, 0.3) is 0 Å². The number of carbonyl (C=O) groups excluding carboxylic acids is 1. The SMILES string of the molecule is CN(CC(=O)NCC[C@H]1CCCOC1)Cc1ccccc1. The minimum Gasteiger partial charge on any atom is -0.381 e. The number of hydrogen-bond acceptors (Lipinski definition) is 3. The summed E-state index contributed by atoms with van der Waals surface area (Å²) in [7, 11) is 1.97. The number of rotatable bonds is 7. The molecule has 0 unspecified atom stereocenters. The van der Waals surface area contributed by atoms with Gasteiger partial charge in [0, 0.05) is 26.3 Å². The second-order valence-electron chi connectivity index (χ2n) is 5.88. The van der Waals surface area contributed by atoms with E-state index in [-0.39, 0.29) is 5.91 Å². The molecular formula is C17H26N2O2. The average molecular weight is 290 g/mol. The number of hydrogen-bond donors (Lipinski definition) is 1. The van der Waals surface area contributed by atoms with E-state index < -0.39 is 0 Å². The summed E-state index contributed by atoms with van der Waals surface area (Å²) in [5.41, 5.74) is 1.23. The minimum absolute atomic E-state index is 0.102. The van der Waals surface area contributed by atoms with Gasteiger partial charge in [0.25, 0.3) is 0 Å². The normalized spacial score (nSPS) is 18.7. The van der Waals surface area contributed by atoms with E-state index in [9.17, 15) is 4.79 Å². The lowest BCUT2D eigenvalue weighted by Gasteiger charge is -2.22. The van der Waals surface area contributed by atoms with Gasteiger partial charge in [-0.25, -0.2) is 0 Å². The quantitative estimate of drug-likeness (QED) is 0.835. The number of ether oxygens (including phenoxy) is 1. The van der Waals surface area contributed by atoms with E-state index in [1.54, 1.807) is 0 Å². The standard InChI is InChI=1S/C17H26N2O2/c1-19(12-15-6-3-2-4-7-15)13-17(20)18-10-9-16-8-5-11-21-14-16/h2-4,6-7,16H,5,8-14H2,1H3,(H,18,20)/t16-/m1/s1. The maximum absolute atomic E-state index is 11.9. The van der Waals surface area contributed by atoms with Gasteiger partial charge in [-0.05, 0) is 37.8 Å². The van der Waals surface area contributed by atoms with Crippen molar-refractivity contribution in [3.05, 3.63) is 35.9 Å². The molecule has 1 heterocycles. The molecule has 0 spiro atoms. The Labute approximate surface area is 127 Å². The molecule has 0 radical (unpaired) electrons. The van der Waals surface area contributed by atoms with Crippen LogP contribution in [-0.2, 0) is 16.1 Å². The van der Waals surface area contributed by atoms with Crippen molar-refractivity contribution < 1.29 is 9.53 Å². The summed E-state index contributed by atoms with van der Waals surface area (Å²) in [6.07, 6.45) is 3.40. The molecule has 0 aromatic heterocycles. The Morgan fingerprint density at radius 3 is 2.90 bits per heavy atom. The monoisotopic (exact) mass is 290 g/mol. The fourth-order valence-electron chi connectivity index (χ4n) is 2.70. The number of nitrogens with one attached hydrogen (secondary N) is 1. The highest BCUT2D eigenvalue weighted by Gasteiger charge is 2.14. The lowest BCUT2D eigenvalue weighted by molar-refractivity contribution is -0.122. The minimum atomic E-state index is 0.102. The van der Waals surface area contributed by atoms with Crippen LogP contribution in [0.4, 0.5) is 0 Å². The van der Waals surface area contributed by atoms with Crippen LogP contribution < -0.4 is 5.32 Å². The van der Waals surface area contributed by atoms with Gasteiger partial charge in [-0.3, -0.25) is 9.69 Å². The molecule has 1 atom stereocenters. The van der Waals surface area contributed by atoms with Gasteiger partial charge in [-0.2, -0.15) is 0 Å². The zero-order valence-electron chi connectivity index (χ0n) is 12.9. The highest BCUT2D eigenvalue weighted by atomic mass is 16.5. The van der Waals surface area contributed by atoms with E-state index in [4.69, 9.17) is 4.74 Å². The summed E-state index contributed by atoms with van der Waals surface area (Å²) in [6, 6.07) is 10.2. The molecule has 0 saturated carbocycles. The lowest BCUT2D eigenvalue weighted by atomic mass is 9.99. The number of likely N-dealkylation sites (N-methyl/N-ethyl adjacent to an activating group) is 1. The van der Waals surface area contributed by atoms with Gasteiger partial charge >= 0.3 is 0 Å². The van der Waals surface area contributed by atoms with Crippen LogP contribution in [0.15, 0.2) is 30.3 Å². The van der Waals surface area contributed by atoms with Crippen LogP contribution in [-0.4, -0.2) is 44.2 Å². The van der Waals surface area contributed by atoms with Crippen LogP contribution in [0, 0.1) is 5.92 Å². The Hall–Kier alpha value is -1.39. The molecule has 4 nitrogen and oxygen atoms in total. The number of amides is 1. The summed E-state index contributed by atoms with van der Waals surface area (Å²) >= 11 is 0. The molecule has 0 bridgehead atoms. The third kappa shape index (κ3) is 6.27. The fraction of sp³-hybridized carbons (Fsp3) is 0.588. The Morgan fingerprint density at radius 1 is 1.38 bits per heavy atom. The molecule has 116 valence electrons. The van der Waals surface area contributed by atoms with Crippen molar-refractivity contribution >= 4 is 5.91 Å². The first-order valence-corrected chi connectivity index (χ1v) is 7.81. The topological polar surface area (TPSA) is 41.6 Å². The predicted molar refractivity (Wildman–Crippen MR) is 83.9 cm³/mol. The Balaban J connectivity index is 1.60. The number of nitrogens with zero attached hydrogens (tertiary/aromatic N) is 1. The Kier molecular flexibility index (Phi) is 6.70. The lowest BCUT2D eigenvalue weighted by Crippen LogP contribution is -2.36. The Morgan fingerprint density at radius 2 is 2.19 bits per heavy atom. The maximum atomic E-state index is 11.9. The highest BCUT2D eigenvalue weighted by Crippen LogP contribution is 2.16. The number of carbonyl (C=O) groups is 1. The molecule has 1 aromatic rings. The van der Waals surface area contributed by atoms with E-state index in [0.29, 0.717) is 12.5 Å². The first kappa shape index (κ1) is 16.0. The Bertz CT molecular complexity index is 416. The largest absolute Gasteiger partial charge is 0.381 e. The molecule has 1 aliphatic heterocycles. The van der Waals surface area contributed by atoms with Gasteiger partial charge in [-0.1, -0.05) is 30.3 Å². The van der Waals surface area contributed by atoms with Gasteiger partial charge in [-0.15, -0.1) is 0 Å². The zero-order chi connectivity index (χ0) is 14.9. The summed E-state index contributed by atoms with van der Waals surface area (Å²) in [4.78, 5) is 13.9. The molecule has 2 rings (SSSR count). The molecule has 1 saturated heterocycles. The van der Waals surface area contributed by atoms with Crippen molar-refractivity contribution in [1.82, 2.24) is 10.2 Å². The third-order valence-electron chi connectivity index (χ3n) is 3.84. The van der Waals surface area contributed by atoms with Gasteiger partial charge in [0.1, 0.15) is 0 Å². The molecule has 1 fully saturated rings. The molecule has 1 amide bonds. The average Bonchev–Trinajstić information content (AvgIpc) is 2.49. The zero-order valence-corrected chi connectivity index (χ0v) is 12.9. The molecule has 4 heteroatoms. The second kappa shape index (κ2) is 8.80. The summed E-state index contributed by atoms with van der Waals surface area (Å²) < 4.78 is 5.45. The van der Waals surface area contributed by atoms with Crippen molar-refractivity contribution in [2.24, 2.45) is 5.92 Å². The van der Waals surface area contributed by atoms with E-state index >= 15 is 0 Å². The first-order chi connectivity index (χ1) is 10.2. The van der Waals surface area contributed by atoms with E-state index in [1.807, 2.05) is 30.1 Å². The van der Waals surface area contributed by atoms with E-state index in [2.05, 4.69) is 17.4 Å². The van der Waals surface area contributed by atoms with Crippen molar-refractivity contribution in [3.63, 3.8) is 0 Å². The second-order valence-corrected chi connectivity index (χ2v) is 5.88. The van der Waals surface area contributed by atoms with Crippen molar-refractivity contribution in [1.29, 1.82) is 0 Å². The maximum Gasteiger partial charge on any atom is 0.234 e. The molecule has 1 aliphatic rings. The molecular weight excluding hydrogens is 264 g/mol. The van der Waals surface area contributed by atoms with Crippen LogP contribution >= 0.6 is 0 Å². The highest BCUT2D eigenvalue weighted by molar-refractivity contribution is 5.77. The summed E-state index contributed by atoms with van der Waals surface area (Å²) in [5.74, 6) is 0.714. The smallest absolute Gasteiger partial charge is 0.234 e. The predicted octanol–water partition coefficient (Wildman–Crippen LogP) is 2.05. The van der Waals surface area contributed by atoms with Crippen LogP contribution in [0.1, 0.15) is 24.8 Å². The van der Waals surface area contributed by atoms with Crippen molar-refractivity contribution in [2.45, 2.75) is 25.8 Å².